The van der Waals surface area contributed by atoms with E-state index in [9.17, 15) is 9.59 Å². The summed E-state index contributed by atoms with van der Waals surface area (Å²) in [7, 11) is 0. The van der Waals surface area contributed by atoms with Crippen molar-refractivity contribution >= 4 is 11.9 Å². The van der Waals surface area contributed by atoms with Gasteiger partial charge in [-0.15, -0.1) is 6.58 Å². The van der Waals surface area contributed by atoms with Crippen LogP contribution in [0.2, 0.25) is 0 Å². The molecule has 0 spiro atoms. The molecule has 0 aliphatic carbocycles. The second kappa shape index (κ2) is 5.84. The molecule has 1 aliphatic heterocycles. The highest BCUT2D eigenvalue weighted by Gasteiger charge is 2.33. The number of nitrogens with zero attached hydrogens (tertiary/aromatic N) is 1. The standard InChI is InChI=1S/C13H21NO3/c1-9(2)8-10(3)12(15)14-7-5-4-6-11(14)13(16)17/h10-11H,1,4-8H2,2-3H3,(H,16,17). The van der Waals surface area contributed by atoms with E-state index in [2.05, 4.69) is 6.58 Å². The van der Waals surface area contributed by atoms with Gasteiger partial charge in [0, 0.05) is 12.5 Å². The molecule has 0 saturated carbocycles. The number of carboxylic acids is 1. The smallest absolute Gasteiger partial charge is 0.326 e. The molecule has 1 fully saturated rings. The van der Waals surface area contributed by atoms with Crippen LogP contribution in [0.3, 0.4) is 0 Å². The van der Waals surface area contributed by atoms with E-state index in [0.717, 1.165) is 18.4 Å². The minimum Gasteiger partial charge on any atom is -0.480 e. The number of aliphatic carboxylic acids is 1. The highest BCUT2D eigenvalue weighted by molar-refractivity contribution is 5.85. The Morgan fingerprint density at radius 3 is 2.65 bits per heavy atom. The molecule has 17 heavy (non-hydrogen) atoms. The van der Waals surface area contributed by atoms with Crippen molar-refractivity contribution in [1.29, 1.82) is 0 Å². The molecule has 2 unspecified atom stereocenters. The fourth-order valence-corrected chi connectivity index (χ4v) is 2.35. The molecule has 96 valence electrons. The highest BCUT2D eigenvalue weighted by atomic mass is 16.4. The molecule has 1 rings (SSSR count). The first-order valence-electron chi connectivity index (χ1n) is 6.11. The first-order valence-corrected chi connectivity index (χ1v) is 6.11. The zero-order valence-electron chi connectivity index (χ0n) is 10.6. The Bertz CT molecular complexity index is 325. The minimum absolute atomic E-state index is 0.0555. The summed E-state index contributed by atoms with van der Waals surface area (Å²) in [5, 5.41) is 9.11. The quantitative estimate of drug-likeness (QED) is 0.764. The van der Waals surface area contributed by atoms with Gasteiger partial charge in [0.2, 0.25) is 5.91 Å². The van der Waals surface area contributed by atoms with Crippen LogP contribution in [0.1, 0.15) is 39.5 Å². The van der Waals surface area contributed by atoms with Gasteiger partial charge >= 0.3 is 5.97 Å². The van der Waals surface area contributed by atoms with Gasteiger partial charge in [-0.25, -0.2) is 4.79 Å². The van der Waals surface area contributed by atoms with E-state index < -0.39 is 12.0 Å². The van der Waals surface area contributed by atoms with Crippen LogP contribution < -0.4 is 0 Å². The number of hydrogen-bond donors (Lipinski definition) is 1. The Kier molecular flexibility index (Phi) is 4.73. The molecular weight excluding hydrogens is 218 g/mol. The molecule has 0 aromatic heterocycles. The van der Waals surface area contributed by atoms with Crippen LogP contribution in [0.5, 0.6) is 0 Å². The number of carbonyl (C=O) groups excluding carboxylic acids is 1. The molecule has 4 nitrogen and oxygen atoms in total. The van der Waals surface area contributed by atoms with E-state index in [4.69, 9.17) is 5.11 Å². The number of amides is 1. The predicted molar refractivity (Wildman–Crippen MR) is 65.6 cm³/mol. The van der Waals surface area contributed by atoms with E-state index in [1.165, 1.54) is 4.90 Å². The van der Waals surface area contributed by atoms with Gasteiger partial charge in [0.05, 0.1) is 0 Å². The van der Waals surface area contributed by atoms with Gasteiger partial charge in [-0.3, -0.25) is 4.79 Å². The summed E-state index contributed by atoms with van der Waals surface area (Å²) in [4.78, 5) is 24.8. The second-order valence-electron chi connectivity index (χ2n) is 4.94. The van der Waals surface area contributed by atoms with Crippen LogP contribution in [0.4, 0.5) is 0 Å². The van der Waals surface area contributed by atoms with Gasteiger partial charge in [0.1, 0.15) is 6.04 Å². The molecular formula is C13H21NO3. The van der Waals surface area contributed by atoms with Crippen LogP contribution in [-0.4, -0.2) is 34.5 Å². The Morgan fingerprint density at radius 2 is 2.12 bits per heavy atom. The van der Waals surface area contributed by atoms with Gasteiger partial charge in [-0.1, -0.05) is 12.5 Å². The zero-order chi connectivity index (χ0) is 13.0. The van der Waals surface area contributed by atoms with Crippen LogP contribution >= 0.6 is 0 Å². The lowest BCUT2D eigenvalue weighted by Crippen LogP contribution is -2.49. The number of allylic oxidation sites excluding steroid dienone is 1. The highest BCUT2D eigenvalue weighted by Crippen LogP contribution is 2.21. The molecule has 0 aromatic carbocycles. The summed E-state index contributed by atoms with van der Waals surface area (Å²) in [6.45, 7) is 8.08. The molecule has 1 heterocycles. The Balaban J connectivity index is 2.70. The summed E-state index contributed by atoms with van der Waals surface area (Å²) >= 11 is 0. The lowest BCUT2D eigenvalue weighted by atomic mass is 9.97. The molecule has 0 aromatic rings. The summed E-state index contributed by atoms with van der Waals surface area (Å²) in [6, 6.07) is -0.635. The minimum atomic E-state index is -0.888. The molecule has 4 heteroatoms. The van der Waals surface area contributed by atoms with Crippen molar-refractivity contribution in [3.05, 3.63) is 12.2 Å². The van der Waals surface area contributed by atoms with Crippen LogP contribution in [-0.2, 0) is 9.59 Å². The van der Waals surface area contributed by atoms with E-state index in [0.29, 0.717) is 19.4 Å². The summed E-state index contributed by atoms with van der Waals surface area (Å²) in [6.07, 6.45) is 2.98. The molecule has 1 aliphatic rings. The fraction of sp³-hybridized carbons (Fsp3) is 0.692. The van der Waals surface area contributed by atoms with Crippen LogP contribution in [0.15, 0.2) is 12.2 Å². The van der Waals surface area contributed by atoms with Crippen LogP contribution in [0, 0.1) is 5.92 Å². The summed E-state index contributed by atoms with van der Waals surface area (Å²) in [5.41, 5.74) is 0.953. The fourth-order valence-electron chi connectivity index (χ4n) is 2.35. The normalized spacial score (nSPS) is 22.0. The number of hydrogen-bond acceptors (Lipinski definition) is 2. The number of carboxylic acid groups (broad SMARTS) is 1. The second-order valence-corrected chi connectivity index (χ2v) is 4.94. The Hall–Kier alpha value is -1.32. The van der Waals surface area contributed by atoms with Crippen molar-refractivity contribution in [3.63, 3.8) is 0 Å². The van der Waals surface area contributed by atoms with Gasteiger partial charge < -0.3 is 10.0 Å². The third-order valence-electron chi connectivity index (χ3n) is 3.15. The Morgan fingerprint density at radius 1 is 1.47 bits per heavy atom. The van der Waals surface area contributed by atoms with Crippen molar-refractivity contribution in [2.24, 2.45) is 5.92 Å². The molecule has 1 N–H and O–H groups in total. The lowest BCUT2D eigenvalue weighted by molar-refractivity contribution is -0.153. The van der Waals surface area contributed by atoms with Crippen LogP contribution in [0.25, 0.3) is 0 Å². The topological polar surface area (TPSA) is 57.6 Å². The van der Waals surface area contributed by atoms with E-state index in [-0.39, 0.29) is 11.8 Å². The maximum Gasteiger partial charge on any atom is 0.326 e. The van der Waals surface area contributed by atoms with E-state index in [1.54, 1.807) is 0 Å². The largest absolute Gasteiger partial charge is 0.480 e. The van der Waals surface area contributed by atoms with Crippen molar-refractivity contribution in [2.75, 3.05) is 6.54 Å². The SMILES string of the molecule is C=C(C)CC(C)C(=O)N1CCCCC1C(=O)O. The summed E-state index contributed by atoms with van der Waals surface area (Å²) < 4.78 is 0. The average molecular weight is 239 g/mol. The molecule has 1 amide bonds. The first kappa shape index (κ1) is 13.7. The molecule has 0 radical (unpaired) electrons. The maximum atomic E-state index is 12.2. The third-order valence-corrected chi connectivity index (χ3v) is 3.15. The van der Waals surface area contributed by atoms with Gasteiger partial charge in [-0.05, 0) is 32.6 Å². The van der Waals surface area contributed by atoms with E-state index >= 15 is 0 Å². The van der Waals surface area contributed by atoms with Crippen molar-refractivity contribution in [2.45, 2.75) is 45.6 Å². The maximum absolute atomic E-state index is 12.2. The summed E-state index contributed by atoms with van der Waals surface area (Å²) in [5.74, 6) is -1.12. The first-order chi connectivity index (χ1) is 7.93. The number of carbonyl (C=O) groups is 2. The zero-order valence-corrected chi connectivity index (χ0v) is 10.6. The molecule has 0 bridgehead atoms. The van der Waals surface area contributed by atoms with Crippen molar-refractivity contribution in [1.82, 2.24) is 4.90 Å². The number of piperidine rings is 1. The lowest BCUT2D eigenvalue weighted by Gasteiger charge is -2.34. The van der Waals surface area contributed by atoms with Gasteiger partial charge in [0.25, 0.3) is 0 Å². The molecule has 2 atom stereocenters. The Labute approximate surface area is 102 Å². The monoisotopic (exact) mass is 239 g/mol. The number of likely N-dealkylation sites (tertiary alicyclic amines) is 1. The van der Waals surface area contributed by atoms with Crippen molar-refractivity contribution < 1.29 is 14.7 Å². The molecule has 1 saturated heterocycles. The van der Waals surface area contributed by atoms with Gasteiger partial charge in [0.15, 0.2) is 0 Å². The van der Waals surface area contributed by atoms with E-state index in [1.807, 2.05) is 13.8 Å². The average Bonchev–Trinajstić information content (AvgIpc) is 2.27. The third kappa shape index (κ3) is 3.58. The van der Waals surface area contributed by atoms with Crippen molar-refractivity contribution in [3.8, 4) is 0 Å². The number of rotatable bonds is 4. The van der Waals surface area contributed by atoms with Gasteiger partial charge in [-0.2, -0.15) is 0 Å². The predicted octanol–water partition coefficient (Wildman–Crippen LogP) is 2.05.